The van der Waals surface area contributed by atoms with Crippen LogP contribution >= 0.6 is 34.5 Å². The molecule has 0 saturated heterocycles. The number of thiophene rings is 1. The highest BCUT2D eigenvalue weighted by atomic mass is 35.5. The Bertz CT molecular complexity index is 283. The third-order valence-electron chi connectivity index (χ3n) is 2.88. The van der Waals surface area contributed by atoms with Gasteiger partial charge in [-0.2, -0.15) is 0 Å². The number of hydrogen-bond donors (Lipinski definition) is 0. The number of rotatable bonds is 3. The van der Waals surface area contributed by atoms with Crippen LogP contribution in [0.1, 0.15) is 24.1 Å². The average molecular weight is 235 g/mol. The minimum atomic E-state index is 0.399. The molecule has 1 saturated carbocycles. The summed E-state index contributed by atoms with van der Waals surface area (Å²) in [6, 6.07) is 4.10. The summed E-state index contributed by atoms with van der Waals surface area (Å²) in [6.45, 7) is 0. The van der Waals surface area contributed by atoms with E-state index in [9.17, 15) is 0 Å². The molecule has 0 aromatic carbocycles. The fraction of sp³-hybridized carbons (Fsp3) is 0.600. The van der Waals surface area contributed by atoms with Crippen LogP contribution in [0.15, 0.2) is 12.1 Å². The molecule has 1 fully saturated rings. The van der Waals surface area contributed by atoms with Crippen molar-refractivity contribution in [1.82, 2.24) is 0 Å². The molecule has 0 atom stereocenters. The van der Waals surface area contributed by atoms with Crippen molar-refractivity contribution in [2.75, 3.05) is 5.88 Å². The Hall–Kier alpha value is 0.280. The van der Waals surface area contributed by atoms with Gasteiger partial charge in [0.2, 0.25) is 0 Å². The topological polar surface area (TPSA) is 0 Å². The Labute approximate surface area is 92.9 Å². The summed E-state index contributed by atoms with van der Waals surface area (Å²) in [5, 5.41) is 0. The van der Waals surface area contributed by atoms with Crippen molar-refractivity contribution in [2.24, 2.45) is 5.41 Å². The van der Waals surface area contributed by atoms with Crippen molar-refractivity contribution in [3.63, 3.8) is 0 Å². The fourth-order valence-corrected chi connectivity index (χ4v) is 3.47. The summed E-state index contributed by atoms with van der Waals surface area (Å²) in [5.41, 5.74) is 0.399. The van der Waals surface area contributed by atoms with Gasteiger partial charge in [-0.3, -0.25) is 0 Å². The average Bonchev–Trinajstić information content (AvgIpc) is 2.44. The molecule has 1 aromatic rings. The second kappa shape index (κ2) is 3.80. The number of hydrogen-bond acceptors (Lipinski definition) is 1. The zero-order valence-corrected chi connectivity index (χ0v) is 9.68. The van der Waals surface area contributed by atoms with Crippen LogP contribution in [-0.4, -0.2) is 5.88 Å². The molecule has 0 radical (unpaired) electrons. The quantitative estimate of drug-likeness (QED) is 0.683. The van der Waals surface area contributed by atoms with Crippen LogP contribution in [0.4, 0.5) is 0 Å². The Morgan fingerprint density at radius 2 is 2.15 bits per heavy atom. The highest BCUT2D eigenvalue weighted by molar-refractivity contribution is 7.16. The normalized spacial score (nSPS) is 19.8. The molecule has 13 heavy (non-hydrogen) atoms. The molecule has 0 unspecified atom stereocenters. The molecule has 3 heteroatoms. The summed E-state index contributed by atoms with van der Waals surface area (Å²) in [5.74, 6) is 0.794. The van der Waals surface area contributed by atoms with E-state index in [1.807, 2.05) is 6.07 Å². The molecule has 0 spiro atoms. The van der Waals surface area contributed by atoms with Gasteiger partial charge in [-0.1, -0.05) is 18.0 Å². The summed E-state index contributed by atoms with van der Waals surface area (Å²) >= 11 is 13.6. The smallest absolute Gasteiger partial charge is 0.0931 e. The standard InChI is InChI=1S/C10H12Cl2S/c11-7-10(4-1-5-10)6-8-2-3-9(12)13-8/h2-3H,1,4-7H2. The van der Waals surface area contributed by atoms with E-state index in [2.05, 4.69) is 6.07 Å². The molecule has 2 rings (SSSR count). The highest BCUT2D eigenvalue weighted by Gasteiger charge is 2.36. The van der Waals surface area contributed by atoms with E-state index in [-0.39, 0.29) is 0 Å². The van der Waals surface area contributed by atoms with Gasteiger partial charge in [0, 0.05) is 10.8 Å². The first-order chi connectivity index (χ1) is 6.24. The van der Waals surface area contributed by atoms with Gasteiger partial charge < -0.3 is 0 Å². The summed E-state index contributed by atoms with van der Waals surface area (Å²) in [4.78, 5) is 1.38. The third-order valence-corrected chi connectivity index (χ3v) is 4.67. The van der Waals surface area contributed by atoms with Gasteiger partial charge >= 0.3 is 0 Å². The van der Waals surface area contributed by atoms with E-state index in [0.29, 0.717) is 5.41 Å². The molecule has 0 bridgehead atoms. The molecular weight excluding hydrogens is 223 g/mol. The van der Waals surface area contributed by atoms with Crippen LogP contribution in [0.2, 0.25) is 4.34 Å². The maximum atomic E-state index is 5.99. The molecule has 0 amide bonds. The Kier molecular flexibility index (Phi) is 2.87. The zero-order valence-electron chi connectivity index (χ0n) is 7.35. The first-order valence-corrected chi connectivity index (χ1v) is 6.27. The second-order valence-electron chi connectivity index (χ2n) is 3.87. The molecular formula is C10H12Cl2S. The van der Waals surface area contributed by atoms with Crippen LogP contribution in [0.5, 0.6) is 0 Å². The van der Waals surface area contributed by atoms with Crippen molar-refractivity contribution in [1.29, 1.82) is 0 Å². The zero-order chi connectivity index (χ0) is 9.31. The van der Waals surface area contributed by atoms with Gasteiger partial charge in [-0.15, -0.1) is 22.9 Å². The molecule has 0 N–H and O–H groups in total. The largest absolute Gasteiger partial charge is 0.128 e. The summed E-state index contributed by atoms with van der Waals surface area (Å²) in [6.07, 6.45) is 5.03. The molecule has 1 aliphatic rings. The van der Waals surface area contributed by atoms with Gasteiger partial charge in [0.1, 0.15) is 0 Å². The van der Waals surface area contributed by atoms with Crippen LogP contribution in [0.3, 0.4) is 0 Å². The van der Waals surface area contributed by atoms with Crippen molar-refractivity contribution in [3.8, 4) is 0 Å². The first-order valence-electron chi connectivity index (χ1n) is 4.54. The lowest BCUT2D eigenvalue weighted by molar-refractivity contribution is 0.167. The lowest BCUT2D eigenvalue weighted by atomic mass is 9.68. The van der Waals surface area contributed by atoms with Gasteiger partial charge in [-0.05, 0) is 36.8 Å². The second-order valence-corrected chi connectivity index (χ2v) is 5.94. The molecule has 0 nitrogen and oxygen atoms in total. The van der Waals surface area contributed by atoms with Crippen LogP contribution in [-0.2, 0) is 6.42 Å². The summed E-state index contributed by atoms with van der Waals surface area (Å²) in [7, 11) is 0. The van der Waals surface area contributed by atoms with Gasteiger partial charge in [0.05, 0.1) is 4.34 Å². The highest BCUT2D eigenvalue weighted by Crippen LogP contribution is 2.45. The minimum Gasteiger partial charge on any atom is -0.128 e. The molecule has 1 aromatic heterocycles. The number of alkyl halides is 1. The Balaban J connectivity index is 2.04. The van der Waals surface area contributed by atoms with E-state index >= 15 is 0 Å². The molecule has 72 valence electrons. The lowest BCUT2D eigenvalue weighted by Crippen LogP contribution is -2.33. The van der Waals surface area contributed by atoms with Crippen LogP contribution in [0, 0.1) is 5.41 Å². The van der Waals surface area contributed by atoms with E-state index in [4.69, 9.17) is 23.2 Å². The van der Waals surface area contributed by atoms with Crippen LogP contribution < -0.4 is 0 Å². The SMILES string of the molecule is ClCC1(Cc2ccc(Cl)s2)CCC1. The predicted molar refractivity (Wildman–Crippen MR) is 60.0 cm³/mol. The van der Waals surface area contributed by atoms with Gasteiger partial charge in [-0.25, -0.2) is 0 Å². The van der Waals surface area contributed by atoms with E-state index in [1.54, 1.807) is 11.3 Å². The number of halogens is 2. The summed E-state index contributed by atoms with van der Waals surface area (Å²) < 4.78 is 0.888. The van der Waals surface area contributed by atoms with Gasteiger partial charge in [0.25, 0.3) is 0 Å². The van der Waals surface area contributed by atoms with Crippen molar-refractivity contribution in [3.05, 3.63) is 21.3 Å². The van der Waals surface area contributed by atoms with E-state index in [1.165, 1.54) is 24.1 Å². The predicted octanol–water partition coefficient (Wildman–Crippen LogP) is 4.35. The fourth-order valence-electron chi connectivity index (χ4n) is 1.85. The van der Waals surface area contributed by atoms with Crippen molar-refractivity contribution < 1.29 is 0 Å². The monoisotopic (exact) mass is 234 g/mol. The maximum Gasteiger partial charge on any atom is 0.0931 e. The maximum absolute atomic E-state index is 5.99. The molecule has 0 aliphatic heterocycles. The van der Waals surface area contributed by atoms with Gasteiger partial charge in [0.15, 0.2) is 0 Å². The van der Waals surface area contributed by atoms with E-state index < -0.39 is 0 Å². The first kappa shape index (κ1) is 9.82. The van der Waals surface area contributed by atoms with Crippen LogP contribution in [0.25, 0.3) is 0 Å². The van der Waals surface area contributed by atoms with Crippen molar-refractivity contribution >= 4 is 34.5 Å². The molecule has 1 heterocycles. The Morgan fingerprint density at radius 1 is 1.38 bits per heavy atom. The minimum absolute atomic E-state index is 0.399. The lowest BCUT2D eigenvalue weighted by Gasteiger charge is -2.40. The third kappa shape index (κ3) is 2.03. The van der Waals surface area contributed by atoms with Crippen molar-refractivity contribution in [2.45, 2.75) is 25.7 Å². The van der Waals surface area contributed by atoms with E-state index in [0.717, 1.165) is 16.6 Å². The molecule has 1 aliphatic carbocycles. The Morgan fingerprint density at radius 3 is 2.54 bits per heavy atom.